The van der Waals surface area contributed by atoms with Gasteiger partial charge in [-0.1, -0.05) is 20.8 Å². The summed E-state index contributed by atoms with van der Waals surface area (Å²) in [7, 11) is 0. The van der Waals surface area contributed by atoms with Gasteiger partial charge in [0.25, 0.3) is 0 Å². The van der Waals surface area contributed by atoms with Crippen LogP contribution in [0, 0.1) is 0 Å². The van der Waals surface area contributed by atoms with Crippen LogP contribution in [-0.4, -0.2) is 22.6 Å². The monoisotopic (exact) mass is 277 g/mol. The van der Waals surface area contributed by atoms with Crippen molar-refractivity contribution in [3.05, 3.63) is 23.0 Å². The van der Waals surface area contributed by atoms with Gasteiger partial charge in [0.2, 0.25) is 0 Å². The largest absolute Gasteiger partial charge is 0.314 e. The van der Waals surface area contributed by atoms with Gasteiger partial charge in [0.1, 0.15) is 11.2 Å². The van der Waals surface area contributed by atoms with Gasteiger partial charge in [-0.25, -0.2) is 9.97 Å². The van der Waals surface area contributed by atoms with Crippen molar-refractivity contribution in [2.75, 3.05) is 6.54 Å². The molecule has 0 spiro atoms. The van der Waals surface area contributed by atoms with Crippen LogP contribution >= 0.6 is 11.3 Å². The van der Waals surface area contributed by atoms with E-state index in [1.54, 1.807) is 17.7 Å². The highest BCUT2D eigenvalue weighted by Gasteiger charge is 2.19. The Morgan fingerprint density at radius 1 is 1.26 bits per heavy atom. The first-order valence-electron chi connectivity index (χ1n) is 7.14. The molecule has 0 radical (unpaired) electrons. The Bertz CT molecular complexity index is 535. The van der Waals surface area contributed by atoms with Crippen LogP contribution in [0.3, 0.4) is 0 Å². The van der Waals surface area contributed by atoms with Crippen LogP contribution in [0.4, 0.5) is 0 Å². The summed E-state index contributed by atoms with van der Waals surface area (Å²) in [6, 6.07) is 2.70. The highest BCUT2D eigenvalue weighted by atomic mass is 32.1. The standard InChI is InChI=1S/C15H23N3S/c1-5-7-16-11(4)10(3)14-13-8-12(6-2)19-15(13)18-9-17-14/h8-11,16H,5-7H2,1-4H3. The minimum absolute atomic E-state index is 0.399. The lowest BCUT2D eigenvalue weighted by atomic mass is 9.97. The Hall–Kier alpha value is -1.00. The normalized spacial score (nSPS) is 14.7. The molecule has 0 saturated heterocycles. The molecular formula is C15H23N3S. The van der Waals surface area contributed by atoms with Gasteiger partial charge in [0.05, 0.1) is 5.69 Å². The Morgan fingerprint density at radius 2 is 2.05 bits per heavy atom. The molecule has 0 aliphatic heterocycles. The van der Waals surface area contributed by atoms with Crippen molar-refractivity contribution in [3.8, 4) is 0 Å². The molecule has 0 fully saturated rings. The molecule has 2 rings (SSSR count). The number of rotatable bonds is 6. The van der Waals surface area contributed by atoms with Crippen molar-refractivity contribution in [3.63, 3.8) is 0 Å². The number of hydrogen-bond donors (Lipinski definition) is 1. The fourth-order valence-electron chi connectivity index (χ4n) is 2.25. The predicted molar refractivity (Wildman–Crippen MR) is 83.0 cm³/mol. The van der Waals surface area contributed by atoms with Gasteiger partial charge in [-0.05, 0) is 32.4 Å². The SMILES string of the molecule is CCCNC(C)C(C)c1ncnc2sc(CC)cc12. The maximum Gasteiger partial charge on any atom is 0.127 e. The van der Waals surface area contributed by atoms with Gasteiger partial charge in [-0.2, -0.15) is 0 Å². The number of thiophene rings is 1. The van der Waals surface area contributed by atoms with Gasteiger partial charge >= 0.3 is 0 Å². The van der Waals surface area contributed by atoms with Crippen LogP contribution in [-0.2, 0) is 6.42 Å². The van der Waals surface area contributed by atoms with Gasteiger partial charge in [-0.15, -0.1) is 11.3 Å². The van der Waals surface area contributed by atoms with Crippen LogP contribution in [0.25, 0.3) is 10.2 Å². The molecule has 1 N–H and O–H groups in total. The molecule has 104 valence electrons. The Balaban J connectivity index is 2.30. The summed E-state index contributed by atoms with van der Waals surface area (Å²) in [5.41, 5.74) is 1.18. The Morgan fingerprint density at radius 3 is 2.74 bits per heavy atom. The molecule has 0 aliphatic carbocycles. The van der Waals surface area contributed by atoms with E-state index < -0.39 is 0 Å². The lowest BCUT2D eigenvalue weighted by Crippen LogP contribution is -2.31. The molecule has 0 aromatic carbocycles. The lowest BCUT2D eigenvalue weighted by Gasteiger charge is -2.21. The zero-order valence-corrected chi connectivity index (χ0v) is 13.0. The quantitative estimate of drug-likeness (QED) is 0.874. The van der Waals surface area contributed by atoms with Gasteiger partial charge in [0, 0.05) is 22.2 Å². The minimum atomic E-state index is 0.399. The number of fused-ring (bicyclic) bond motifs is 1. The van der Waals surface area contributed by atoms with Crippen molar-refractivity contribution < 1.29 is 0 Å². The maximum atomic E-state index is 4.54. The minimum Gasteiger partial charge on any atom is -0.314 e. The van der Waals surface area contributed by atoms with Crippen molar-refractivity contribution in [1.82, 2.24) is 15.3 Å². The Kier molecular flexibility index (Phi) is 4.88. The molecule has 0 bridgehead atoms. The molecule has 2 unspecified atom stereocenters. The summed E-state index contributed by atoms with van der Waals surface area (Å²) < 4.78 is 0. The number of nitrogens with one attached hydrogen (secondary N) is 1. The first-order valence-corrected chi connectivity index (χ1v) is 7.95. The Labute approximate surface area is 119 Å². The van der Waals surface area contributed by atoms with Gasteiger partial charge < -0.3 is 5.32 Å². The van der Waals surface area contributed by atoms with E-state index in [2.05, 4.69) is 49.0 Å². The molecule has 4 heteroatoms. The second-order valence-electron chi connectivity index (χ2n) is 5.08. The second kappa shape index (κ2) is 6.44. The van der Waals surface area contributed by atoms with E-state index >= 15 is 0 Å². The fraction of sp³-hybridized carbons (Fsp3) is 0.600. The third-order valence-electron chi connectivity index (χ3n) is 3.66. The highest BCUT2D eigenvalue weighted by Crippen LogP contribution is 2.30. The summed E-state index contributed by atoms with van der Waals surface area (Å²) >= 11 is 1.79. The molecule has 2 aromatic heterocycles. The third-order valence-corrected chi connectivity index (χ3v) is 4.84. The van der Waals surface area contributed by atoms with Crippen molar-refractivity contribution in [2.45, 2.75) is 52.5 Å². The summed E-state index contributed by atoms with van der Waals surface area (Å²) in [5, 5.41) is 4.80. The van der Waals surface area contributed by atoms with E-state index in [0.29, 0.717) is 12.0 Å². The molecule has 2 atom stereocenters. The average molecular weight is 277 g/mol. The molecule has 19 heavy (non-hydrogen) atoms. The van der Waals surface area contributed by atoms with E-state index in [-0.39, 0.29) is 0 Å². The predicted octanol–water partition coefficient (Wildman–Crippen LogP) is 3.75. The lowest BCUT2D eigenvalue weighted by molar-refractivity contribution is 0.476. The van der Waals surface area contributed by atoms with Gasteiger partial charge in [-0.3, -0.25) is 0 Å². The number of nitrogens with zero attached hydrogens (tertiary/aromatic N) is 2. The molecule has 2 heterocycles. The zero-order chi connectivity index (χ0) is 13.8. The van der Waals surface area contributed by atoms with Crippen LogP contribution in [0.1, 0.15) is 50.6 Å². The number of aryl methyl sites for hydroxylation is 1. The third kappa shape index (κ3) is 3.12. The smallest absolute Gasteiger partial charge is 0.127 e. The summed E-state index contributed by atoms with van der Waals surface area (Å²) in [5.74, 6) is 0.399. The summed E-state index contributed by atoms with van der Waals surface area (Å²) in [4.78, 5) is 11.4. The molecule has 0 saturated carbocycles. The topological polar surface area (TPSA) is 37.8 Å². The molecule has 0 amide bonds. The van der Waals surface area contributed by atoms with Crippen molar-refractivity contribution >= 4 is 21.6 Å². The van der Waals surface area contributed by atoms with Crippen molar-refractivity contribution in [1.29, 1.82) is 0 Å². The first-order chi connectivity index (χ1) is 9.17. The van der Waals surface area contributed by atoms with Crippen molar-refractivity contribution in [2.24, 2.45) is 0 Å². The number of hydrogen-bond acceptors (Lipinski definition) is 4. The molecule has 2 aromatic rings. The highest BCUT2D eigenvalue weighted by molar-refractivity contribution is 7.18. The van der Waals surface area contributed by atoms with E-state index in [9.17, 15) is 0 Å². The molecule has 3 nitrogen and oxygen atoms in total. The average Bonchev–Trinajstić information content (AvgIpc) is 2.86. The van der Waals surface area contributed by atoms with E-state index in [4.69, 9.17) is 0 Å². The van der Waals surface area contributed by atoms with E-state index in [1.807, 2.05) is 0 Å². The number of aromatic nitrogens is 2. The van der Waals surface area contributed by atoms with Gasteiger partial charge in [0.15, 0.2) is 0 Å². The zero-order valence-electron chi connectivity index (χ0n) is 12.2. The maximum absolute atomic E-state index is 4.54. The second-order valence-corrected chi connectivity index (χ2v) is 6.19. The van der Waals surface area contributed by atoms with E-state index in [0.717, 1.165) is 24.2 Å². The van der Waals surface area contributed by atoms with Crippen LogP contribution < -0.4 is 5.32 Å². The summed E-state index contributed by atoms with van der Waals surface area (Å²) in [6.45, 7) is 9.93. The van der Waals surface area contributed by atoms with Crippen LogP contribution in [0.15, 0.2) is 12.4 Å². The summed E-state index contributed by atoms with van der Waals surface area (Å²) in [6.07, 6.45) is 3.93. The molecular weight excluding hydrogens is 254 g/mol. The van der Waals surface area contributed by atoms with E-state index in [1.165, 1.54) is 16.0 Å². The molecule has 0 aliphatic rings. The first kappa shape index (κ1) is 14.4. The van der Waals surface area contributed by atoms with Crippen LogP contribution in [0.2, 0.25) is 0 Å². The fourth-order valence-corrected chi connectivity index (χ4v) is 3.19. The van der Waals surface area contributed by atoms with Crippen LogP contribution in [0.5, 0.6) is 0 Å².